The van der Waals surface area contributed by atoms with Crippen LogP contribution in [-0.4, -0.2) is 22.9 Å². The summed E-state index contributed by atoms with van der Waals surface area (Å²) in [7, 11) is 1.57. The van der Waals surface area contributed by atoms with Crippen molar-refractivity contribution >= 4 is 17.1 Å². The standard InChI is InChI=1S/C10H8N2O2S/c1-14-8-2-9(15-5-8)10(13)7-3-11-6-12-4-7/h2-6H,1H3. The second-order valence-corrected chi connectivity index (χ2v) is 3.72. The monoisotopic (exact) mass is 220 g/mol. The fourth-order valence-electron chi connectivity index (χ4n) is 1.10. The maximum atomic E-state index is 11.9. The van der Waals surface area contributed by atoms with Crippen LogP contribution in [0.15, 0.2) is 30.2 Å². The number of methoxy groups -OCH3 is 1. The minimum absolute atomic E-state index is 0.0797. The van der Waals surface area contributed by atoms with Gasteiger partial charge in [0.1, 0.15) is 12.1 Å². The molecular formula is C10H8N2O2S. The molecule has 2 heterocycles. The Kier molecular flexibility index (Phi) is 2.73. The van der Waals surface area contributed by atoms with Gasteiger partial charge in [-0.15, -0.1) is 11.3 Å². The predicted octanol–water partition coefficient (Wildman–Crippen LogP) is 1.78. The Balaban J connectivity index is 2.29. The minimum atomic E-state index is -0.0797. The average molecular weight is 220 g/mol. The van der Waals surface area contributed by atoms with Gasteiger partial charge in [-0.25, -0.2) is 9.97 Å². The zero-order valence-corrected chi connectivity index (χ0v) is 8.82. The van der Waals surface area contributed by atoms with Crippen molar-refractivity contribution in [3.05, 3.63) is 40.6 Å². The van der Waals surface area contributed by atoms with E-state index in [1.54, 1.807) is 18.6 Å². The number of aromatic nitrogens is 2. The Morgan fingerprint density at radius 3 is 2.73 bits per heavy atom. The Morgan fingerprint density at radius 2 is 2.13 bits per heavy atom. The largest absolute Gasteiger partial charge is 0.496 e. The summed E-state index contributed by atoms with van der Waals surface area (Å²) in [6, 6.07) is 1.71. The van der Waals surface area contributed by atoms with Gasteiger partial charge in [-0.05, 0) is 0 Å². The third-order valence-electron chi connectivity index (χ3n) is 1.86. The van der Waals surface area contributed by atoms with Gasteiger partial charge in [-0.2, -0.15) is 0 Å². The first-order valence-corrected chi connectivity index (χ1v) is 5.11. The van der Waals surface area contributed by atoms with Crippen LogP contribution in [0, 0.1) is 0 Å². The molecule has 2 rings (SSSR count). The number of carbonyl (C=O) groups is 1. The molecule has 5 heteroatoms. The molecule has 0 bridgehead atoms. The van der Waals surface area contributed by atoms with Crippen molar-refractivity contribution in [3.8, 4) is 5.75 Å². The quantitative estimate of drug-likeness (QED) is 0.740. The molecular weight excluding hydrogens is 212 g/mol. The highest BCUT2D eigenvalue weighted by Gasteiger charge is 2.12. The van der Waals surface area contributed by atoms with Crippen LogP contribution in [0.3, 0.4) is 0 Å². The van der Waals surface area contributed by atoms with Crippen LogP contribution in [0.25, 0.3) is 0 Å². The molecule has 0 N–H and O–H groups in total. The molecule has 0 spiro atoms. The number of nitrogens with zero attached hydrogens (tertiary/aromatic N) is 2. The number of hydrogen-bond acceptors (Lipinski definition) is 5. The van der Waals surface area contributed by atoms with E-state index in [-0.39, 0.29) is 5.78 Å². The highest BCUT2D eigenvalue weighted by molar-refractivity contribution is 7.12. The van der Waals surface area contributed by atoms with Crippen LogP contribution in [0.5, 0.6) is 5.75 Å². The fraction of sp³-hybridized carbons (Fsp3) is 0.100. The van der Waals surface area contributed by atoms with E-state index >= 15 is 0 Å². The van der Waals surface area contributed by atoms with E-state index in [9.17, 15) is 4.79 Å². The van der Waals surface area contributed by atoms with Crippen LogP contribution >= 0.6 is 11.3 Å². The molecule has 76 valence electrons. The molecule has 0 aromatic carbocycles. The predicted molar refractivity (Wildman–Crippen MR) is 56.3 cm³/mol. The molecule has 0 atom stereocenters. The summed E-state index contributed by atoms with van der Waals surface area (Å²) in [5.74, 6) is 0.615. The summed E-state index contributed by atoms with van der Waals surface area (Å²) >= 11 is 1.35. The highest BCUT2D eigenvalue weighted by Crippen LogP contribution is 2.23. The zero-order valence-electron chi connectivity index (χ0n) is 8.01. The number of rotatable bonds is 3. The first-order valence-electron chi connectivity index (χ1n) is 4.23. The van der Waals surface area contributed by atoms with Crippen LogP contribution in [-0.2, 0) is 0 Å². The van der Waals surface area contributed by atoms with Gasteiger partial charge in [0.25, 0.3) is 0 Å². The maximum absolute atomic E-state index is 11.9. The molecule has 2 aromatic rings. The molecule has 0 aliphatic heterocycles. The molecule has 0 aliphatic carbocycles. The second kappa shape index (κ2) is 4.18. The highest BCUT2D eigenvalue weighted by atomic mass is 32.1. The number of hydrogen-bond donors (Lipinski definition) is 0. The number of ether oxygens (including phenoxy) is 1. The third-order valence-corrected chi connectivity index (χ3v) is 2.76. The number of carbonyl (C=O) groups excluding carboxylic acids is 1. The average Bonchev–Trinajstić information content (AvgIpc) is 2.78. The van der Waals surface area contributed by atoms with Crippen molar-refractivity contribution in [3.63, 3.8) is 0 Å². The van der Waals surface area contributed by atoms with Gasteiger partial charge >= 0.3 is 0 Å². The van der Waals surface area contributed by atoms with Crippen LogP contribution in [0.4, 0.5) is 0 Å². The summed E-state index contributed by atoms with van der Waals surface area (Å²) in [5.41, 5.74) is 0.488. The zero-order chi connectivity index (χ0) is 10.7. The second-order valence-electron chi connectivity index (χ2n) is 2.81. The van der Waals surface area contributed by atoms with Gasteiger partial charge in [0.2, 0.25) is 5.78 Å². The lowest BCUT2D eigenvalue weighted by molar-refractivity contribution is 0.104. The normalized spacial score (nSPS) is 9.93. The molecule has 0 fully saturated rings. The molecule has 0 radical (unpaired) electrons. The first-order chi connectivity index (χ1) is 7.31. The molecule has 15 heavy (non-hydrogen) atoms. The summed E-state index contributed by atoms with van der Waals surface area (Å²) in [6.45, 7) is 0. The first kappa shape index (κ1) is 9.79. The van der Waals surface area contributed by atoms with Crippen molar-refractivity contribution in [2.75, 3.05) is 7.11 Å². The Morgan fingerprint density at radius 1 is 1.40 bits per heavy atom. The number of ketones is 1. The molecule has 4 nitrogen and oxygen atoms in total. The van der Waals surface area contributed by atoms with Gasteiger partial charge in [-0.1, -0.05) is 0 Å². The lowest BCUT2D eigenvalue weighted by atomic mass is 10.2. The summed E-state index contributed by atoms with van der Waals surface area (Å²) in [6.07, 6.45) is 4.40. The topological polar surface area (TPSA) is 52.1 Å². The summed E-state index contributed by atoms with van der Waals surface area (Å²) in [4.78, 5) is 20.1. The van der Waals surface area contributed by atoms with E-state index in [1.165, 1.54) is 30.1 Å². The van der Waals surface area contributed by atoms with E-state index in [2.05, 4.69) is 9.97 Å². The van der Waals surface area contributed by atoms with Crippen molar-refractivity contribution < 1.29 is 9.53 Å². The maximum Gasteiger partial charge on any atom is 0.206 e. The van der Waals surface area contributed by atoms with Gasteiger partial charge < -0.3 is 4.74 Å². The molecule has 0 aliphatic rings. The van der Waals surface area contributed by atoms with E-state index in [0.29, 0.717) is 16.2 Å². The van der Waals surface area contributed by atoms with Crippen LogP contribution in [0.1, 0.15) is 15.2 Å². The molecule has 2 aromatic heterocycles. The number of thiophene rings is 1. The van der Waals surface area contributed by atoms with Gasteiger partial charge in [-0.3, -0.25) is 4.79 Å². The van der Waals surface area contributed by atoms with E-state index in [1.807, 2.05) is 0 Å². The van der Waals surface area contributed by atoms with E-state index in [4.69, 9.17) is 4.74 Å². The minimum Gasteiger partial charge on any atom is -0.496 e. The van der Waals surface area contributed by atoms with Crippen molar-refractivity contribution in [1.29, 1.82) is 0 Å². The van der Waals surface area contributed by atoms with Crippen LogP contribution in [0.2, 0.25) is 0 Å². The smallest absolute Gasteiger partial charge is 0.206 e. The van der Waals surface area contributed by atoms with Crippen molar-refractivity contribution in [2.24, 2.45) is 0 Å². The Labute approximate surface area is 90.6 Å². The van der Waals surface area contributed by atoms with Gasteiger partial charge in [0.05, 0.1) is 17.6 Å². The Hall–Kier alpha value is -1.75. The Bertz CT molecular complexity index is 467. The van der Waals surface area contributed by atoms with Crippen molar-refractivity contribution in [2.45, 2.75) is 0 Å². The van der Waals surface area contributed by atoms with E-state index in [0.717, 1.165) is 0 Å². The van der Waals surface area contributed by atoms with Crippen molar-refractivity contribution in [1.82, 2.24) is 9.97 Å². The summed E-state index contributed by atoms with van der Waals surface area (Å²) in [5, 5.41) is 1.79. The lowest BCUT2D eigenvalue weighted by Gasteiger charge is -1.95. The van der Waals surface area contributed by atoms with E-state index < -0.39 is 0 Å². The third kappa shape index (κ3) is 2.02. The van der Waals surface area contributed by atoms with Gasteiger partial charge in [0.15, 0.2) is 0 Å². The molecule has 0 unspecified atom stereocenters. The molecule has 0 saturated carbocycles. The lowest BCUT2D eigenvalue weighted by Crippen LogP contribution is -1.99. The fourth-order valence-corrected chi connectivity index (χ4v) is 1.92. The molecule has 0 saturated heterocycles. The molecule has 0 amide bonds. The van der Waals surface area contributed by atoms with Crippen LogP contribution < -0.4 is 4.74 Å². The summed E-state index contributed by atoms with van der Waals surface area (Å²) < 4.78 is 5.01. The SMILES string of the molecule is COc1csc(C(=O)c2cncnc2)c1. The van der Waals surface area contributed by atoms with Gasteiger partial charge in [0, 0.05) is 23.8 Å².